The molecule has 1 heterocycles. The molecule has 2 N–H and O–H groups in total. The van der Waals surface area contributed by atoms with E-state index in [-0.39, 0.29) is 19.1 Å². The number of aromatic nitrogens is 2. The number of carbonyl (C=O) groups is 1. The Morgan fingerprint density at radius 2 is 1.82 bits per heavy atom. The molecule has 0 fully saturated rings. The number of aliphatic hydroxyl groups excluding tert-OH is 1. The molecule has 4 rings (SSSR count). The quantitative estimate of drug-likeness (QED) is 0.693. The first-order valence-corrected chi connectivity index (χ1v) is 9.35. The van der Waals surface area contributed by atoms with Gasteiger partial charge in [-0.2, -0.15) is 5.10 Å². The largest absolute Gasteiger partial charge is 0.449 e. The van der Waals surface area contributed by atoms with Crippen molar-refractivity contribution in [1.82, 2.24) is 15.1 Å². The third kappa shape index (κ3) is 3.64. The Morgan fingerprint density at radius 1 is 1.18 bits per heavy atom. The highest BCUT2D eigenvalue weighted by atomic mass is 16.5. The molecule has 1 amide bonds. The first-order valence-electron chi connectivity index (χ1n) is 9.35. The average molecular weight is 377 g/mol. The number of hydrogen-bond donors (Lipinski definition) is 2. The van der Waals surface area contributed by atoms with E-state index in [0.717, 1.165) is 5.56 Å². The number of ether oxygens (including phenoxy) is 1. The zero-order chi connectivity index (χ0) is 19.5. The predicted octanol–water partition coefficient (Wildman–Crippen LogP) is 2.86. The van der Waals surface area contributed by atoms with Crippen molar-refractivity contribution in [2.75, 3.05) is 13.2 Å². The van der Waals surface area contributed by atoms with Crippen LogP contribution in [0.3, 0.4) is 0 Å². The van der Waals surface area contributed by atoms with Crippen LogP contribution >= 0.6 is 0 Å². The monoisotopic (exact) mass is 377 g/mol. The Kier molecular flexibility index (Phi) is 5.12. The molecule has 144 valence electrons. The van der Waals surface area contributed by atoms with Crippen LogP contribution in [0.15, 0.2) is 60.9 Å². The number of alkyl carbamates (subject to hydrolysis) is 1. The fourth-order valence-electron chi connectivity index (χ4n) is 3.83. The van der Waals surface area contributed by atoms with Crippen molar-refractivity contribution in [2.24, 2.45) is 7.05 Å². The molecular weight excluding hydrogens is 354 g/mol. The topological polar surface area (TPSA) is 76.4 Å². The lowest BCUT2D eigenvalue weighted by Gasteiger charge is -2.18. The molecule has 0 bridgehead atoms. The van der Waals surface area contributed by atoms with Gasteiger partial charge in [0.2, 0.25) is 0 Å². The van der Waals surface area contributed by atoms with Crippen LogP contribution in [0.4, 0.5) is 4.79 Å². The fraction of sp³-hybridized carbons (Fsp3) is 0.273. The number of rotatable bonds is 6. The number of nitrogens with zero attached hydrogens (tertiary/aromatic N) is 2. The molecule has 1 unspecified atom stereocenters. The number of aryl methyl sites for hydroxylation is 1. The van der Waals surface area contributed by atoms with Gasteiger partial charge < -0.3 is 15.2 Å². The van der Waals surface area contributed by atoms with Crippen molar-refractivity contribution < 1.29 is 14.6 Å². The molecule has 0 aliphatic heterocycles. The molecule has 0 saturated heterocycles. The van der Waals surface area contributed by atoms with Crippen LogP contribution in [-0.4, -0.2) is 40.2 Å². The number of benzene rings is 2. The van der Waals surface area contributed by atoms with E-state index >= 15 is 0 Å². The second-order valence-electron chi connectivity index (χ2n) is 7.08. The standard InChI is InChI=1S/C22H23N3O3/c1-25-12-15(11-23-25)10-16(13-26)24-22(27)28-14-21-19-8-4-2-6-17(19)18-7-3-5-9-20(18)21/h2-9,11-12,16,21,26H,10,13-14H2,1H3,(H,24,27). The van der Waals surface area contributed by atoms with Crippen LogP contribution in [0.1, 0.15) is 22.6 Å². The van der Waals surface area contributed by atoms with E-state index in [1.807, 2.05) is 37.5 Å². The van der Waals surface area contributed by atoms with Crippen LogP contribution < -0.4 is 5.32 Å². The molecule has 1 aliphatic rings. The van der Waals surface area contributed by atoms with Crippen LogP contribution in [0.2, 0.25) is 0 Å². The first-order chi connectivity index (χ1) is 13.7. The summed E-state index contributed by atoms with van der Waals surface area (Å²) in [6.07, 6.45) is 3.56. The van der Waals surface area contributed by atoms with Gasteiger partial charge in [0.05, 0.1) is 18.8 Å². The zero-order valence-corrected chi connectivity index (χ0v) is 15.7. The van der Waals surface area contributed by atoms with Gasteiger partial charge in [-0.25, -0.2) is 4.79 Å². The molecule has 6 heteroatoms. The number of fused-ring (bicyclic) bond motifs is 3. The Bertz CT molecular complexity index is 937. The van der Waals surface area contributed by atoms with Gasteiger partial charge in [0, 0.05) is 19.2 Å². The minimum Gasteiger partial charge on any atom is -0.449 e. The van der Waals surface area contributed by atoms with E-state index in [1.54, 1.807) is 10.9 Å². The van der Waals surface area contributed by atoms with Gasteiger partial charge in [-0.3, -0.25) is 4.68 Å². The minimum absolute atomic E-state index is 0.0176. The third-order valence-electron chi connectivity index (χ3n) is 5.13. The maximum atomic E-state index is 12.3. The third-order valence-corrected chi connectivity index (χ3v) is 5.13. The maximum absolute atomic E-state index is 12.3. The molecule has 0 radical (unpaired) electrons. The molecule has 28 heavy (non-hydrogen) atoms. The molecule has 6 nitrogen and oxygen atoms in total. The van der Waals surface area contributed by atoms with Gasteiger partial charge in [0.15, 0.2) is 0 Å². The summed E-state index contributed by atoms with van der Waals surface area (Å²) in [5.41, 5.74) is 5.67. The van der Waals surface area contributed by atoms with E-state index in [0.29, 0.717) is 6.42 Å². The molecule has 2 aromatic carbocycles. The van der Waals surface area contributed by atoms with Crippen LogP contribution in [0, 0.1) is 0 Å². The number of nitrogens with one attached hydrogen (secondary N) is 1. The number of aliphatic hydroxyl groups is 1. The van der Waals surface area contributed by atoms with Crippen LogP contribution in [-0.2, 0) is 18.2 Å². The molecule has 0 saturated carbocycles. The summed E-state index contributed by atoms with van der Waals surface area (Å²) in [6.45, 7) is 0.0873. The van der Waals surface area contributed by atoms with E-state index in [9.17, 15) is 9.90 Å². The van der Waals surface area contributed by atoms with Gasteiger partial charge in [-0.1, -0.05) is 48.5 Å². The Morgan fingerprint density at radius 3 is 2.39 bits per heavy atom. The predicted molar refractivity (Wildman–Crippen MR) is 106 cm³/mol. The second kappa shape index (κ2) is 7.86. The van der Waals surface area contributed by atoms with E-state index < -0.39 is 12.1 Å². The summed E-state index contributed by atoms with van der Waals surface area (Å²) in [7, 11) is 1.83. The fourth-order valence-corrected chi connectivity index (χ4v) is 3.83. The van der Waals surface area contributed by atoms with Crippen molar-refractivity contribution >= 4 is 6.09 Å². The first kappa shape index (κ1) is 18.3. The van der Waals surface area contributed by atoms with Crippen LogP contribution in [0.5, 0.6) is 0 Å². The summed E-state index contributed by atoms with van der Waals surface area (Å²) in [4.78, 5) is 12.3. The maximum Gasteiger partial charge on any atom is 0.407 e. The highest BCUT2D eigenvalue weighted by Gasteiger charge is 2.29. The van der Waals surface area contributed by atoms with Crippen molar-refractivity contribution in [1.29, 1.82) is 0 Å². The van der Waals surface area contributed by atoms with Crippen molar-refractivity contribution in [2.45, 2.75) is 18.4 Å². The Hall–Kier alpha value is -3.12. The molecule has 3 aromatic rings. The number of carbonyl (C=O) groups excluding carboxylic acids is 1. The van der Waals surface area contributed by atoms with Gasteiger partial charge in [0.25, 0.3) is 0 Å². The molecular formula is C22H23N3O3. The minimum atomic E-state index is -0.523. The average Bonchev–Trinajstić information content (AvgIpc) is 3.27. The van der Waals surface area contributed by atoms with Gasteiger partial charge in [-0.05, 0) is 34.2 Å². The van der Waals surface area contributed by atoms with Gasteiger partial charge >= 0.3 is 6.09 Å². The van der Waals surface area contributed by atoms with E-state index in [4.69, 9.17) is 4.74 Å². The normalized spacial score (nSPS) is 13.6. The SMILES string of the molecule is Cn1cc(CC(CO)NC(=O)OCC2c3ccccc3-c3ccccc32)cn1. The lowest BCUT2D eigenvalue weighted by Crippen LogP contribution is -2.39. The lowest BCUT2D eigenvalue weighted by atomic mass is 9.98. The Labute approximate surface area is 163 Å². The van der Waals surface area contributed by atoms with Crippen molar-refractivity contribution in [3.63, 3.8) is 0 Å². The van der Waals surface area contributed by atoms with E-state index in [2.05, 4.69) is 34.7 Å². The summed E-state index contributed by atoms with van der Waals surface area (Å²) < 4.78 is 7.22. The molecule has 1 aliphatic carbocycles. The summed E-state index contributed by atoms with van der Waals surface area (Å²) in [5.74, 6) is 0.0176. The Balaban J connectivity index is 1.40. The smallest absolute Gasteiger partial charge is 0.407 e. The number of hydrogen-bond acceptors (Lipinski definition) is 4. The van der Waals surface area contributed by atoms with Gasteiger partial charge in [0.1, 0.15) is 6.61 Å². The zero-order valence-electron chi connectivity index (χ0n) is 15.7. The number of amides is 1. The summed E-state index contributed by atoms with van der Waals surface area (Å²) >= 11 is 0. The van der Waals surface area contributed by atoms with Crippen molar-refractivity contribution in [3.8, 4) is 11.1 Å². The summed E-state index contributed by atoms with van der Waals surface area (Å²) in [5, 5.41) is 16.4. The summed E-state index contributed by atoms with van der Waals surface area (Å²) in [6, 6.07) is 16.0. The van der Waals surface area contributed by atoms with Gasteiger partial charge in [-0.15, -0.1) is 0 Å². The molecule has 1 aromatic heterocycles. The van der Waals surface area contributed by atoms with Crippen LogP contribution in [0.25, 0.3) is 11.1 Å². The molecule has 1 atom stereocenters. The highest BCUT2D eigenvalue weighted by molar-refractivity contribution is 5.79. The highest BCUT2D eigenvalue weighted by Crippen LogP contribution is 2.44. The van der Waals surface area contributed by atoms with E-state index in [1.165, 1.54) is 22.3 Å². The lowest BCUT2D eigenvalue weighted by molar-refractivity contribution is 0.132. The second-order valence-corrected chi connectivity index (χ2v) is 7.08. The van der Waals surface area contributed by atoms with Crippen molar-refractivity contribution in [3.05, 3.63) is 77.6 Å². The molecule has 0 spiro atoms.